The van der Waals surface area contributed by atoms with Crippen molar-refractivity contribution in [3.63, 3.8) is 0 Å². The molecule has 0 saturated heterocycles. The lowest BCUT2D eigenvalue weighted by Gasteiger charge is -2.02. The van der Waals surface area contributed by atoms with Gasteiger partial charge in [-0.05, 0) is 47.0 Å². The number of aromatic nitrogens is 2. The van der Waals surface area contributed by atoms with Crippen LogP contribution in [0.25, 0.3) is 11.0 Å². The molecule has 0 aliphatic heterocycles. The first-order valence-electron chi connectivity index (χ1n) is 4.87. The molecule has 1 aliphatic carbocycles. The van der Waals surface area contributed by atoms with Crippen molar-refractivity contribution in [2.75, 3.05) is 0 Å². The van der Waals surface area contributed by atoms with E-state index < -0.39 is 0 Å². The van der Waals surface area contributed by atoms with E-state index in [0.29, 0.717) is 11.6 Å². The number of imidazole rings is 1. The highest BCUT2D eigenvalue weighted by Crippen LogP contribution is 2.40. The third kappa shape index (κ3) is 1.35. The van der Waals surface area contributed by atoms with Gasteiger partial charge < -0.3 is 4.57 Å². The fourth-order valence-electron chi connectivity index (χ4n) is 1.81. The Morgan fingerprint density at radius 1 is 1.47 bits per heavy atom. The van der Waals surface area contributed by atoms with Crippen LogP contribution in [0.5, 0.6) is 0 Å². The molecule has 1 heterocycles. The van der Waals surface area contributed by atoms with Crippen LogP contribution in [0, 0.1) is 11.3 Å². The van der Waals surface area contributed by atoms with Crippen molar-refractivity contribution in [1.82, 2.24) is 9.55 Å². The summed E-state index contributed by atoms with van der Waals surface area (Å²) >= 11 is 3.47. The summed E-state index contributed by atoms with van der Waals surface area (Å²) < 4.78 is 3.05. The largest absolute Gasteiger partial charge is 0.315 e. The molecule has 15 heavy (non-hydrogen) atoms. The molecular formula is C11H8BrN3. The van der Waals surface area contributed by atoms with Crippen LogP contribution >= 0.6 is 15.9 Å². The minimum absolute atomic E-state index is 0.568. The van der Waals surface area contributed by atoms with Gasteiger partial charge in [0.05, 0.1) is 22.7 Å². The number of benzene rings is 1. The molecule has 0 radical (unpaired) electrons. The predicted molar refractivity (Wildman–Crippen MR) is 60.4 cm³/mol. The SMILES string of the molecule is N#Cc1ccc2nc(Br)n(C3CC3)c2c1. The van der Waals surface area contributed by atoms with Gasteiger partial charge in [0.15, 0.2) is 4.73 Å². The minimum Gasteiger partial charge on any atom is -0.315 e. The molecule has 1 aliphatic rings. The Labute approximate surface area is 95.5 Å². The lowest BCUT2D eigenvalue weighted by atomic mass is 10.2. The monoisotopic (exact) mass is 261 g/mol. The molecule has 0 unspecified atom stereocenters. The third-order valence-electron chi connectivity index (χ3n) is 2.69. The first-order chi connectivity index (χ1) is 7.29. The van der Waals surface area contributed by atoms with Crippen molar-refractivity contribution in [3.8, 4) is 6.07 Å². The van der Waals surface area contributed by atoms with Crippen LogP contribution in [-0.4, -0.2) is 9.55 Å². The molecule has 1 saturated carbocycles. The Kier molecular flexibility index (Phi) is 1.83. The summed E-state index contributed by atoms with van der Waals surface area (Å²) in [6.45, 7) is 0. The maximum absolute atomic E-state index is 8.86. The zero-order chi connectivity index (χ0) is 10.4. The Morgan fingerprint density at radius 2 is 2.27 bits per heavy atom. The summed E-state index contributed by atoms with van der Waals surface area (Å²) in [6.07, 6.45) is 2.42. The maximum Gasteiger partial charge on any atom is 0.178 e. The Bertz CT molecular complexity index is 575. The van der Waals surface area contributed by atoms with Gasteiger partial charge in [0.1, 0.15) is 0 Å². The van der Waals surface area contributed by atoms with E-state index in [9.17, 15) is 0 Å². The van der Waals surface area contributed by atoms with E-state index in [4.69, 9.17) is 5.26 Å². The van der Waals surface area contributed by atoms with E-state index in [1.165, 1.54) is 12.8 Å². The van der Waals surface area contributed by atoms with Crippen LogP contribution in [0.15, 0.2) is 22.9 Å². The molecule has 0 atom stereocenters. The standard InChI is InChI=1S/C11H8BrN3/c12-11-14-9-4-1-7(6-13)5-10(9)15(11)8-2-3-8/h1,4-5,8H,2-3H2. The topological polar surface area (TPSA) is 41.6 Å². The van der Waals surface area contributed by atoms with E-state index in [1.54, 1.807) is 6.07 Å². The van der Waals surface area contributed by atoms with Gasteiger partial charge in [-0.15, -0.1) is 0 Å². The summed E-state index contributed by atoms with van der Waals surface area (Å²) in [4.78, 5) is 4.42. The first-order valence-corrected chi connectivity index (χ1v) is 5.66. The molecule has 4 heteroatoms. The number of halogens is 1. The van der Waals surface area contributed by atoms with Crippen LogP contribution in [0.2, 0.25) is 0 Å². The second kappa shape index (κ2) is 3.07. The van der Waals surface area contributed by atoms with Crippen molar-refractivity contribution in [3.05, 3.63) is 28.5 Å². The van der Waals surface area contributed by atoms with Crippen LogP contribution in [0.3, 0.4) is 0 Å². The van der Waals surface area contributed by atoms with E-state index in [2.05, 4.69) is 31.6 Å². The molecule has 1 aromatic carbocycles. The van der Waals surface area contributed by atoms with Crippen molar-refractivity contribution >= 4 is 27.0 Å². The van der Waals surface area contributed by atoms with Crippen LogP contribution in [0.4, 0.5) is 0 Å². The molecule has 2 aromatic rings. The van der Waals surface area contributed by atoms with Gasteiger partial charge in [-0.2, -0.15) is 5.26 Å². The van der Waals surface area contributed by atoms with Crippen LogP contribution in [0.1, 0.15) is 24.4 Å². The molecule has 1 aromatic heterocycles. The van der Waals surface area contributed by atoms with Crippen molar-refractivity contribution in [2.24, 2.45) is 0 Å². The molecule has 1 fully saturated rings. The molecule has 3 rings (SSSR count). The Balaban J connectivity index is 2.32. The average molecular weight is 262 g/mol. The molecule has 3 nitrogen and oxygen atoms in total. The first kappa shape index (κ1) is 8.93. The van der Waals surface area contributed by atoms with Gasteiger partial charge in [-0.25, -0.2) is 4.98 Å². The van der Waals surface area contributed by atoms with Gasteiger partial charge in [-0.1, -0.05) is 0 Å². The van der Waals surface area contributed by atoms with Gasteiger partial charge >= 0.3 is 0 Å². The second-order valence-corrected chi connectivity index (χ2v) is 4.51. The second-order valence-electron chi connectivity index (χ2n) is 3.80. The number of fused-ring (bicyclic) bond motifs is 1. The number of hydrogen-bond donors (Lipinski definition) is 0. The van der Waals surface area contributed by atoms with E-state index in [0.717, 1.165) is 15.8 Å². The van der Waals surface area contributed by atoms with Gasteiger partial charge in [-0.3, -0.25) is 0 Å². The normalized spacial score (nSPS) is 15.5. The lowest BCUT2D eigenvalue weighted by Crippen LogP contribution is -1.93. The zero-order valence-electron chi connectivity index (χ0n) is 7.94. The Morgan fingerprint density at radius 3 is 2.93 bits per heavy atom. The molecule has 0 spiro atoms. The summed E-state index contributed by atoms with van der Waals surface area (Å²) in [5.41, 5.74) is 2.70. The summed E-state index contributed by atoms with van der Waals surface area (Å²) in [5.74, 6) is 0. The Hall–Kier alpha value is -1.34. The summed E-state index contributed by atoms with van der Waals surface area (Å²) in [6, 6.07) is 8.34. The van der Waals surface area contributed by atoms with E-state index >= 15 is 0 Å². The lowest BCUT2D eigenvalue weighted by molar-refractivity contribution is 0.745. The number of nitriles is 1. The van der Waals surface area contributed by atoms with Crippen LogP contribution in [-0.2, 0) is 0 Å². The molecular weight excluding hydrogens is 254 g/mol. The summed E-state index contributed by atoms with van der Waals surface area (Å²) in [5, 5.41) is 8.86. The molecule has 0 N–H and O–H groups in total. The number of rotatable bonds is 1. The molecule has 0 amide bonds. The van der Waals surface area contributed by atoms with E-state index in [-0.39, 0.29) is 0 Å². The molecule has 74 valence electrons. The third-order valence-corrected chi connectivity index (χ3v) is 3.25. The highest BCUT2D eigenvalue weighted by molar-refractivity contribution is 9.10. The van der Waals surface area contributed by atoms with Gasteiger partial charge in [0.25, 0.3) is 0 Å². The molecule has 0 bridgehead atoms. The fraction of sp³-hybridized carbons (Fsp3) is 0.273. The number of nitrogens with zero attached hydrogens (tertiary/aromatic N) is 3. The smallest absolute Gasteiger partial charge is 0.178 e. The van der Waals surface area contributed by atoms with Crippen molar-refractivity contribution < 1.29 is 0 Å². The summed E-state index contributed by atoms with van der Waals surface area (Å²) in [7, 11) is 0. The van der Waals surface area contributed by atoms with Crippen molar-refractivity contribution in [2.45, 2.75) is 18.9 Å². The van der Waals surface area contributed by atoms with Gasteiger partial charge in [0, 0.05) is 6.04 Å². The predicted octanol–water partition coefficient (Wildman–Crippen LogP) is 3.01. The zero-order valence-corrected chi connectivity index (χ0v) is 9.53. The average Bonchev–Trinajstić information content (AvgIpc) is 3.00. The minimum atomic E-state index is 0.568. The van der Waals surface area contributed by atoms with Gasteiger partial charge in [0.2, 0.25) is 0 Å². The number of hydrogen-bond acceptors (Lipinski definition) is 2. The quantitative estimate of drug-likeness (QED) is 0.792. The maximum atomic E-state index is 8.86. The van der Waals surface area contributed by atoms with Crippen molar-refractivity contribution in [1.29, 1.82) is 5.26 Å². The highest BCUT2D eigenvalue weighted by Gasteiger charge is 2.27. The van der Waals surface area contributed by atoms with E-state index in [1.807, 2.05) is 12.1 Å². The highest BCUT2D eigenvalue weighted by atomic mass is 79.9. The van der Waals surface area contributed by atoms with Crippen LogP contribution < -0.4 is 0 Å². The fourth-order valence-corrected chi connectivity index (χ4v) is 2.48.